The van der Waals surface area contributed by atoms with E-state index in [1.807, 2.05) is 0 Å². The Morgan fingerprint density at radius 3 is 2.69 bits per heavy atom. The van der Waals surface area contributed by atoms with Gasteiger partial charge in [-0.1, -0.05) is 0 Å². The summed E-state index contributed by atoms with van der Waals surface area (Å²) >= 11 is 0. The summed E-state index contributed by atoms with van der Waals surface area (Å²) in [5.41, 5.74) is 0. The summed E-state index contributed by atoms with van der Waals surface area (Å²) in [5, 5.41) is 33.6. The molecule has 0 amide bonds. The standard InChI is InChI=1S/C5H9N3O4.Na/c9-5(10)4-2-1-3-7(4)8(12)6-11;/h4,11H,1-3H2,(H,9,10);/q;+1/p-2/b8-6+;/t4-;/m0./s1. The molecule has 0 aromatic rings. The molecule has 1 aliphatic rings. The maximum Gasteiger partial charge on any atom is 1.00 e. The Morgan fingerprint density at radius 2 is 2.23 bits per heavy atom. The van der Waals surface area contributed by atoms with Crippen molar-refractivity contribution in [3.8, 4) is 0 Å². The number of carbonyl (C=O) groups excluding carboxylic acids is 1. The van der Waals surface area contributed by atoms with Gasteiger partial charge in [-0.25, -0.2) is 0 Å². The third kappa shape index (κ3) is 2.71. The molecule has 7 nitrogen and oxygen atoms in total. The number of carboxylic acids is 1. The first-order valence-corrected chi connectivity index (χ1v) is 3.44. The van der Waals surface area contributed by atoms with Crippen LogP contribution in [0.15, 0.2) is 5.28 Å². The number of hydrogen-bond acceptors (Lipinski definition) is 5. The van der Waals surface area contributed by atoms with E-state index in [0.717, 1.165) is 5.01 Å². The van der Waals surface area contributed by atoms with Crippen LogP contribution in [-0.2, 0) is 4.79 Å². The predicted octanol–water partition coefficient (Wildman–Crippen LogP) is -4.42. The molecule has 0 saturated carbocycles. The van der Waals surface area contributed by atoms with E-state index in [9.17, 15) is 20.3 Å². The normalized spacial score (nSPS) is 22.6. The van der Waals surface area contributed by atoms with E-state index in [-0.39, 0.29) is 41.1 Å². The Bertz CT molecular complexity index is 222. The van der Waals surface area contributed by atoms with Crippen molar-refractivity contribution in [1.82, 2.24) is 5.01 Å². The molecule has 0 bridgehead atoms. The van der Waals surface area contributed by atoms with Gasteiger partial charge in [0.1, 0.15) is 6.04 Å². The van der Waals surface area contributed by atoms with Crippen LogP contribution in [0.4, 0.5) is 0 Å². The number of hydrogen-bond donors (Lipinski definition) is 0. The van der Waals surface area contributed by atoms with Crippen molar-refractivity contribution in [3.63, 3.8) is 0 Å². The summed E-state index contributed by atoms with van der Waals surface area (Å²) in [7, 11) is 0. The number of carboxylic acid groups (broad SMARTS) is 1. The maximum absolute atomic E-state index is 10.6. The van der Waals surface area contributed by atoms with Gasteiger partial charge < -0.3 is 20.3 Å². The van der Waals surface area contributed by atoms with Gasteiger partial charge in [-0.3, -0.25) is 0 Å². The average Bonchev–Trinajstić information content (AvgIpc) is 2.50. The van der Waals surface area contributed by atoms with E-state index in [4.69, 9.17) is 0 Å². The number of rotatable bonds is 2. The number of nitrogens with zero attached hydrogens (tertiary/aromatic N) is 3. The molecule has 8 heteroatoms. The third-order valence-corrected chi connectivity index (χ3v) is 1.79. The molecule has 1 heterocycles. The predicted molar refractivity (Wildman–Crippen MR) is 34.2 cm³/mol. The van der Waals surface area contributed by atoms with Crippen molar-refractivity contribution in [2.45, 2.75) is 18.9 Å². The van der Waals surface area contributed by atoms with Crippen LogP contribution in [0.5, 0.6) is 0 Å². The van der Waals surface area contributed by atoms with E-state index in [1.54, 1.807) is 0 Å². The van der Waals surface area contributed by atoms with E-state index in [0.29, 0.717) is 12.8 Å². The zero-order valence-electron chi connectivity index (χ0n) is 7.17. The molecule has 0 N–H and O–H groups in total. The Kier molecular flexibility index (Phi) is 5.04. The number of hydrazine groups is 1. The van der Waals surface area contributed by atoms with Crippen LogP contribution < -0.4 is 34.7 Å². The van der Waals surface area contributed by atoms with Crippen LogP contribution in [0, 0.1) is 10.4 Å². The Balaban J connectivity index is 0.00000144. The van der Waals surface area contributed by atoms with Gasteiger partial charge in [0.2, 0.25) is 0 Å². The van der Waals surface area contributed by atoms with Crippen LogP contribution in [0.2, 0.25) is 0 Å². The molecule has 1 atom stereocenters. The fourth-order valence-electron chi connectivity index (χ4n) is 1.24. The molecule has 13 heavy (non-hydrogen) atoms. The van der Waals surface area contributed by atoms with Gasteiger partial charge in [0.25, 0.3) is 0 Å². The second-order valence-electron chi connectivity index (χ2n) is 2.47. The van der Waals surface area contributed by atoms with Crippen LogP contribution in [0.25, 0.3) is 0 Å². The molecule has 0 aliphatic carbocycles. The smallest absolute Gasteiger partial charge is 0.737 e. The van der Waals surface area contributed by atoms with Gasteiger partial charge in [-0.05, 0) is 18.1 Å². The second kappa shape index (κ2) is 5.25. The van der Waals surface area contributed by atoms with Crippen molar-refractivity contribution >= 4 is 5.97 Å². The van der Waals surface area contributed by atoms with Gasteiger partial charge in [-0.2, -0.15) is 0 Å². The number of aliphatic carboxylic acids is 1. The molecular weight excluding hydrogens is 189 g/mol. The van der Waals surface area contributed by atoms with Gasteiger partial charge >= 0.3 is 29.6 Å². The Hall–Kier alpha value is -0.530. The first-order chi connectivity index (χ1) is 5.66. The molecule has 0 radical (unpaired) electrons. The minimum Gasteiger partial charge on any atom is -0.737 e. The topological polar surface area (TPSA) is 105 Å². The van der Waals surface area contributed by atoms with Crippen molar-refractivity contribution in [2.75, 3.05) is 6.54 Å². The zero-order chi connectivity index (χ0) is 9.14. The summed E-state index contributed by atoms with van der Waals surface area (Å²) < 4.78 is 0. The quantitative estimate of drug-likeness (QED) is 0.192. The van der Waals surface area contributed by atoms with Gasteiger partial charge in [0.05, 0.1) is 12.5 Å². The minimum absolute atomic E-state index is 0. The van der Waals surface area contributed by atoms with Gasteiger partial charge in [0, 0.05) is 4.97 Å². The van der Waals surface area contributed by atoms with E-state index >= 15 is 0 Å². The summed E-state index contributed by atoms with van der Waals surface area (Å²) in [6, 6.07) is -1.01. The van der Waals surface area contributed by atoms with Gasteiger partial charge in [0.15, 0.2) is 0 Å². The molecule has 1 aliphatic heterocycles. The molecule has 1 rings (SSSR count). The molecule has 0 aromatic carbocycles. The summed E-state index contributed by atoms with van der Waals surface area (Å²) in [4.78, 5) is 10.1. The zero-order valence-corrected chi connectivity index (χ0v) is 9.17. The van der Waals surface area contributed by atoms with Crippen LogP contribution in [0.3, 0.4) is 0 Å². The molecule has 0 unspecified atom stereocenters. The number of carbonyl (C=O) groups is 1. The first-order valence-electron chi connectivity index (χ1n) is 3.44. The first kappa shape index (κ1) is 12.5. The minimum atomic E-state index is -1.35. The molecule has 0 aromatic heterocycles. The molecular formula is C5H7N3NaO4-. The fourth-order valence-corrected chi connectivity index (χ4v) is 1.24. The van der Waals surface area contributed by atoms with Crippen LogP contribution >= 0.6 is 0 Å². The van der Waals surface area contributed by atoms with E-state index < -0.39 is 12.0 Å². The monoisotopic (exact) mass is 196 g/mol. The largest absolute Gasteiger partial charge is 1.00 e. The van der Waals surface area contributed by atoms with Crippen molar-refractivity contribution < 1.29 is 44.4 Å². The molecule has 0 spiro atoms. The van der Waals surface area contributed by atoms with Crippen molar-refractivity contribution in [1.29, 1.82) is 0 Å². The Labute approximate surface area is 96.4 Å². The van der Waals surface area contributed by atoms with Crippen LogP contribution in [0.1, 0.15) is 12.8 Å². The SMILES string of the molecule is O=C([O-])[C@@H]1CCCN1/[N+]([O-])=N\[O-].[Na+]. The Morgan fingerprint density at radius 1 is 1.62 bits per heavy atom. The molecule has 1 fully saturated rings. The maximum atomic E-state index is 10.6. The van der Waals surface area contributed by atoms with Crippen molar-refractivity contribution in [3.05, 3.63) is 10.4 Å². The third-order valence-electron chi connectivity index (χ3n) is 1.79. The molecule has 1 saturated heterocycles. The molecule has 68 valence electrons. The van der Waals surface area contributed by atoms with Crippen molar-refractivity contribution in [2.24, 2.45) is 5.28 Å². The van der Waals surface area contributed by atoms with Gasteiger partial charge in [-0.15, -0.1) is 5.01 Å². The van der Waals surface area contributed by atoms with E-state index in [2.05, 4.69) is 5.28 Å². The summed E-state index contributed by atoms with van der Waals surface area (Å²) in [6.45, 7) is 0.230. The van der Waals surface area contributed by atoms with E-state index in [1.165, 1.54) is 0 Å². The average molecular weight is 196 g/mol. The second-order valence-corrected chi connectivity index (χ2v) is 2.47. The summed E-state index contributed by atoms with van der Waals surface area (Å²) in [5.74, 6) is -1.35. The fraction of sp³-hybridized carbons (Fsp3) is 0.800. The van der Waals surface area contributed by atoms with Crippen LogP contribution in [-0.4, -0.2) is 28.5 Å². The summed E-state index contributed by atoms with van der Waals surface area (Å²) in [6.07, 6.45) is 0.865.